The molecule has 1 aliphatic heterocycles. The Morgan fingerprint density at radius 2 is 2.24 bits per heavy atom. The van der Waals surface area contributed by atoms with Gasteiger partial charge in [0.1, 0.15) is 5.75 Å². The van der Waals surface area contributed by atoms with Crippen LogP contribution in [0.4, 0.5) is 0 Å². The van der Waals surface area contributed by atoms with Crippen LogP contribution in [0.25, 0.3) is 0 Å². The summed E-state index contributed by atoms with van der Waals surface area (Å²) in [4.78, 5) is 12.0. The smallest absolute Gasteiger partial charge is 0.261 e. The van der Waals surface area contributed by atoms with E-state index in [0.29, 0.717) is 23.4 Å². The van der Waals surface area contributed by atoms with Crippen LogP contribution in [0.1, 0.15) is 38.7 Å². The minimum atomic E-state index is -0.454. The fraction of sp³-hybridized carbons (Fsp3) is 0.562. The predicted octanol–water partition coefficient (Wildman–Crippen LogP) is 2.89. The van der Waals surface area contributed by atoms with Gasteiger partial charge >= 0.3 is 0 Å². The van der Waals surface area contributed by atoms with Gasteiger partial charge in [-0.15, -0.1) is 0 Å². The van der Waals surface area contributed by atoms with Crippen LogP contribution >= 0.6 is 11.6 Å². The van der Waals surface area contributed by atoms with Gasteiger partial charge in [0, 0.05) is 24.7 Å². The molecule has 0 saturated carbocycles. The number of nitrogens with one attached hydrogen (secondary N) is 2. The lowest BCUT2D eigenvalue weighted by atomic mass is 10.1. The lowest BCUT2D eigenvalue weighted by Crippen LogP contribution is -2.36. The van der Waals surface area contributed by atoms with Crippen molar-refractivity contribution >= 4 is 17.5 Å². The molecule has 0 spiro atoms. The van der Waals surface area contributed by atoms with E-state index in [0.717, 1.165) is 31.4 Å². The first kappa shape index (κ1) is 16.1. The Labute approximate surface area is 131 Å². The molecule has 0 radical (unpaired) electrons. The molecule has 5 heteroatoms. The summed E-state index contributed by atoms with van der Waals surface area (Å²) < 4.78 is 5.96. The Hall–Kier alpha value is -1.26. The number of ether oxygens (including phenoxy) is 1. The molecule has 2 N–H and O–H groups in total. The van der Waals surface area contributed by atoms with E-state index in [1.54, 1.807) is 6.07 Å². The SMILES string of the molecule is CC(C)NCc1cccc(Cl)c1OC1CCCCNC1=O. The first-order chi connectivity index (χ1) is 10.1. The molecule has 0 aliphatic carbocycles. The number of carbonyl (C=O) groups excluding carboxylic acids is 1. The second kappa shape index (κ2) is 7.66. The molecule has 4 nitrogen and oxygen atoms in total. The third-order valence-electron chi connectivity index (χ3n) is 3.49. The van der Waals surface area contributed by atoms with E-state index in [1.165, 1.54) is 0 Å². The summed E-state index contributed by atoms with van der Waals surface area (Å²) in [5.74, 6) is 0.574. The lowest BCUT2D eigenvalue weighted by Gasteiger charge is -2.20. The van der Waals surface area contributed by atoms with Gasteiger partial charge in [0.05, 0.1) is 5.02 Å². The molecule has 116 valence electrons. The van der Waals surface area contributed by atoms with Crippen LogP contribution in [-0.4, -0.2) is 24.6 Å². The average molecular weight is 311 g/mol. The maximum Gasteiger partial charge on any atom is 0.261 e. The fourth-order valence-corrected chi connectivity index (χ4v) is 2.54. The maximum absolute atomic E-state index is 12.0. The van der Waals surface area contributed by atoms with E-state index in [9.17, 15) is 4.79 Å². The summed E-state index contributed by atoms with van der Waals surface area (Å²) in [7, 11) is 0. The first-order valence-corrected chi connectivity index (χ1v) is 7.91. The zero-order valence-corrected chi connectivity index (χ0v) is 13.4. The van der Waals surface area contributed by atoms with Crippen LogP contribution in [0.5, 0.6) is 5.75 Å². The van der Waals surface area contributed by atoms with Crippen LogP contribution in [0, 0.1) is 0 Å². The van der Waals surface area contributed by atoms with E-state index >= 15 is 0 Å². The molecular formula is C16H23ClN2O2. The van der Waals surface area contributed by atoms with Gasteiger partial charge in [-0.05, 0) is 25.3 Å². The van der Waals surface area contributed by atoms with E-state index in [-0.39, 0.29) is 5.91 Å². The normalized spacial score (nSPS) is 19.2. The van der Waals surface area contributed by atoms with Gasteiger partial charge < -0.3 is 15.4 Å². The van der Waals surface area contributed by atoms with Crippen LogP contribution in [0.15, 0.2) is 18.2 Å². The minimum Gasteiger partial charge on any atom is -0.479 e. The highest BCUT2D eigenvalue weighted by Gasteiger charge is 2.24. The van der Waals surface area contributed by atoms with Crippen LogP contribution in [-0.2, 0) is 11.3 Å². The van der Waals surface area contributed by atoms with Crippen LogP contribution in [0.2, 0.25) is 5.02 Å². The van der Waals surface area contributed by atoms with Crippen molar-refractivity contribution in [2.45, 2.75) is 51.8 Å². The monoisotopic (exact) mass is 310 g/mol. The summed E-state index contributed by atoms with van der Waals surface area (Å²) in [6, 6.07) is 6.05. The highest BCUT2D eigenvalue weighted by Crippen LogP contribution is 2.30. The van der Waals surface area contributed by atoms with Crippen molar-refractivity contribution in [1.29, 1.82) is 0 Å². The van der Waals surface area contributed by atoms with Crippen molar-refractivity contribution in [3.05, 3.63) is 28.8 Å². The molecule has 0 aromatic heterocycles. The average Bonchev–Trinajstić information content (AvgIpc) is 2.64. The highest BCUT2D eigenvalue weighted by atomic mass is 35.5. The zero-order valence-electron chi connectivity index (χ0n) is 12.6. The standard InChI is InChI=1S/C16H23ClN2O2/c1-11(2)19-10-12-6-5-7-13(17)15(12)21-14-8-3-4-9-18-16(14)20/h5-7,11,14,19H,3-4,8-10H2,1-2H3,(H,18,20). The highest BCUT2D eigenvalue weighted by molar-refractivity contribution is 6.32. The molecule has 1 saturated heterocycles. The van der Waals surface area contributed by atoms with Crippen LogP contribution < -0.4 is 15.4 Å². The van der Waals surface area contributed by atoms with E-state index in [4.69, 9.17) is 16.3 Å². The number of carbonyl (C=O) groups is 1. The Kier molecular flexibility index (Phi) is 5.88. The number of rotatable bonds is 5. The number of benzene rings is 1. The molecule has 2 rings (SSSR count). The molecule has 21 heavy (non-hydrogen) atoms. The van der Waals surface area contributed by atoms with E-state index < -0.39 is 6.10 Å². The molecule has 1 unspecified atom stereocenters. The molecule has 1 amide bonds. The summed E-state index contributed by atoms with van der Waals surface area (Å²) in [5, 5.41) is 6.78. The molecule has 1 aliphatic rings. The van der Waals surface area contributed by atoms with Gasteiger partial charge in [-0.25, -0.2) is 0 Å². The first-order valence-electron chi connectivity index (χ1n) is 7.53. The molecule has 1 aromatic rings. The second-order valence-electron chi connectivity index (χ2n) is 5.66. The fourth-order valence-electron chi connectivity index (χ4n) is 2.30. The molecule has 1 atom stereocenters. The van der Waals surface area contributed by atoms with E-state index in [1.807, 2.05) is 12.1 Å². The van der Waals surface area contributed by atoms with Crippen molar-refractivity contribution in [2.24, 2.45) is 0 Å². The predicted molar refractivity (Wildman–Crippen MR) is 84.7 cm³/mol. The largest absolute Gasteiger partial charge is 0.479 e. The summed E-state index contributed by atoms with van der Waals surface area (Å²) in [5.41, 5.74) is 0.980. The van der Waals surface area contributed by atoms with Gasteiger partial charge in [0.2, 0.25) is 0 Å². The van der Waals surface area contributed by atoms with Gasteiger partial charge in [-0.3, -0.25) is 4.79 Å². The quantitative estimate of drug-likeness (QED) is 0.879. The van der Waals surface area contributed by atoms with Crippen molar-refractivity contribution < 1.29 is 9.53 Å². The number of halogens is 1. The molecule has 0 bridgehead atoms. The summed E-state index contributed by atoms with van der Waals surface area (Å²) in [6.07, 6.45) is 2.25. The summed E-state index contributed by atoms with van der Waals surface area (Å²) >= 11 is 6.27. The van der Waals surface area contributed by atoms with Gasteiger partial charge in [-0.1, -0.05) is 37.6 Å². The molecular weight excluding hydrogens is 288 g/mol. The molecule has 1 aromatic carbocycles. The van der Waals surface area contributed by atoms with Gasteiger partial charge in [0.25, 0.3) is 5.91 Å². The van der Waals surface area contributed by atoms with Gasteiger partial charge in [0.15, 0.2) is 6.10 Å². The van der Waals surface area contributed by atoms with Gasteiger partial charge in [-0.2, -0.15) is 0 Å². The molecule has 1 fully saturated rings. The maximum atomic E-state index is 12.0. The topological polar surface area (TPSA) is 50.4 Å². The van der Waals surface area contributed by atoms with Crippen molar-refractivity contribution in [2.75, 3.05) is 6.54 Å². The zero-order chi connectivity index (χ0) is 15.2. The van der Waals surface area contributed by atoms with Crippen molar-refractivity contribution in [1.82, 2.24) is 10.6 Å². The number of amides is 1. The third kappa shape index (κ3) is 4.61. The second-order valence-corrected chi connectivity index (χ2v) is 6.06. The Morgan fingerprint density at radius 3 is 3.00 bits per heavy atom. The Morgan fingerprint density at radius 1 is 1.43 bits per heavy atom. The lowest BCUT2D eigenvalue weighted by molar-refractivity contribution is -0.127. The third-order valence-corrected chi connectivity index (χ3v) is 3.79. The number of hydrogen-bond donors (Lipinski definition) is 2. The Bertz CT molecular complexity index is 491. The minimum absolute atomic E-state index is 0.0461. The molecule has 1 heterocycles. The van der Waals surface area contributed by atoms with E-state index in [2.05, 4.69) is 24.5 Å². The number of hydrogen-bond acceptors (Lipinski definition) is 3. The van der Waals surface area contributed by atoms with Crippen molar-refractivity contribution in [3.63, 3.8) is 0 Å². The van der Waals surface area contributed by atoms with Crippen molar-refractivity contribution in [3.8, 4) is 5.75 Å². The summed E-state index contributed by atoms with van der Waals surface area (Å²) in [6.45, 7) is 5.57. The number of para-hydroxylation sites is 1. The Balaban J connectivity index is 2.15. The van der Waals surface area contributed by atoms with Crippen LogP contribution in [0.3, 0.4) is 0 Å².